The first-order chi connectivity index (χ1) is 12.4. The molecule has 2 rings (SSSR count). The van der Waals surface area contributed by atoms with Crippen LogP contribution in [0.15, 0.2) is 54.6 Å². The van der Waals surface area contributed by atoms with Gasteiger partial charge in [-0.3, -0.25) is 14.4 Å². The van der Waals surface area contributed by atoms with E-state index in [4.69, 9.17) is 4.74 Å². The smallest absolute Gasteiger partial charge is 0.306 e. The molecule has 0 spiro atoms. The van der Waals surface area contributed by atoms with Crippen molar-refractivity contribution in [3.05, 3.63) is 60.2 Å². The molecule has 0 aliphatic heterocycles. The Morgan fingerprint density at radius 3 is 2.08 bits per heavy atom. The molecule has 0 fully saturated rings. The van der Waals surface area contributed by atoms with Crippen molar-refractivity contribution in [1.29, 1.82) is 0 Å². The first-order valence-electron chi connectivity index (χ1n) is 8.32. The number of esters is 1. The maximum absolute atomic E-state index is 11.9. The van der Waals surface area contributed by atoms with Crippen LogP contribution >= 0.6 is 0 Å². The summed E-state index contributed by atoms with van der Waals surface area (Å²) in [6.45, 7) is 3.02. The van der Waals surface area contributed by atoms with Gasteiger partial charge in [0.1, 0.15) is 0 Å². The van der Waals surface area contributed by atoms with Gasteiger partial charge in [0, 0.05) is 18.3 Å². The van der Waals surface area contributed by atoms with E-state index in [1.807, 2.05) is 37.3 Å². The highest BCUT2D eigenvalue weighted by atomic mass is 16.5. The highest BCUT2D eigenvalue weighted by Crippen LogP contribution is 2.19. The van der Waals surface area contributed by atoms with Gasteiger partial charge in [-0.1, -0.05) is 37.3 Å². The second kappa shape index (κ2) is 9.36. The molecule has 0 bridgehead atoms. The molecule has 6 nitrogen and oxygen atoms in total. The molecule has 0 aliphatic carbocycles. The topological polar surface area (TPSA) is 84.5 Å². The van der Waals surface area contributed by atoms with Crippen LogP contribution in [0.5, 0.6) is 0 Å². The van der Waals surface area contributed by atoms with Gasteiger partial charge in [-0.05, 0) is 35.7 Å². The van der Waals surface area contributed by atoms with Crippen molar-refractivity contribution >= 4 is 29.2 Å². The second-order valence-electron chi connectivity index (χ2n) is 5.98. The van der Waals surface area contributed by atoms with Crippen molar-refractivity contribution in [3.63, 3.8) is 0 Å². The van der Waals surface area contributed by atoms with E-state index in [2.05, 4.69) is 10.6 Å². The monoisotopic (exact) mass is 354 g/mol. The second-order valence-corrected chi connectivity index (χ2v) is 5.98. The molecule has 0 heterocycles. The third-order valence-electron chi connectivity index (χ3n) is 3.69. The average molecular weight is 354 g/mol. The van der Waals surface area contributed by atoms with Crippen molar-refractivity contribution in [2.24, 2.45) is 0 Å². The summed E-state index contributed by atoms with van der Waals surface area (Å²) in [6, 6.07) is 16.3. The molecule has 2 N–H and O–H groups in total. The Hall–Kier alpha value is -3.15. The summed E-state index contributed by atoms with van der Waals surface area (Å²) in [5.74, 6) is -0.984. The number of nitrogens with one attached hydrogen (secondary N) is 2. The van der Waals surface area contributed by atoms with Gasteiger partial charge < -0.3 is 15.4 Å². The molecule has 0 saturated carbocycles. The minimum absolute atomic E-state index is 0.0214. The molecule has 26 heavy (non-hydrogen) atoms. The zero-order chi connectivity index (χ0) is 18.9. The number of hydrogen-bond acceptors (Lipinski definition) is 4. The molecular weight excluding hydrogens is 332 g/mol. The van der Waals surface area contributed by atoms with Gasteiger partial charge in [0.15, 0.2) is 6.61 Å². The molecule has 1 atom stereocenters. The number of carbonyl (C=O) groups excluding carboxylic acids is 3. The lowest BCUT2D eigenvalue weighted by Gasteiger charge is -2.11. The van der Waals surface area contributed by atoms with Crippen LogP contribution in [0, 0.1) is 0 Å². The minimum Gasteiger partial charge on any atom is -0.456 e. The number of hydrogen-bond donors (Lipinski definition) is 2. The molecule has 2 aromatic carbocycles. The van der Waals surface area contributed by atoms with Crippen LogP contribution in [0.25, 0.3) is 0 Å². The van der Waals surface area contributed by atoms with E-state index in [9.17, 15) is 14.4 Å². The Morgan fingerprint density at radius 2 is 1.50 bits per heavy atom. The number of rotatable bonds is 7. The lowest BCUT2D eigenvalue weighted by Crippen LogP contribution is -2.21. The maximum Gasteiger partial charge on any atom is 0.306 e. The number of carbonyl (C=O) groups is 3. The zero-order valence-electron chi connectivity index (χ0n) is 14.8. The fourth-order valence-electron chi connectivity index (χ4n) is 2.39. The van der Waals surface area contributed by atoms with E-state index in [1.165, 1.54) is 6.92 Å². The SMILES string of the molecule is CC(=O)Nc1ccc(NC(=O)COC(=O)C[C@@H](C)c2ccccc2)cc1. The Labute approximate surface area is 152 Å². The summed E-state index contributed by atoms with van der Waals surface area (Å²) < 4.78 is 5.04. The van der Waals surface area contributed by atoms with Crippen LogP contribution in [0.4, 0.5) is 11.4 Å². The third-order valence-corrected chi connectivity index (χ3v) is 3.69. The Bertz CT molecular complexity index is 757. The van der Waals surface area contributed by atoms with Gasteiger partial charge in [0.2, 0.25) is 5.91 Å². The van der Waals surface area contributed by atoms with E-state index >= 15 is 0 Å². The van der Waals surface area contributed by atoms with E-state index in [-0.39, 0.29) is 24.9 Å². The molecule has 136 valence electrons. The quantitative estimate of drug-likeness (QED) is 0.747. The molecule has 2 amide bonds. The Kier molecular flexibility index (Phi) is 6.91. The van der Waals surface area contributed by atoms with E-state index < -0.39 is 11.9 Å². The van der Waals surface area contributed by atoms with Gasteiger partial charge in [-0.15, -0.1) is 0 Å². The molecule has 0 unspecified atom stereocenters. The van der Waals surface area contributed by atoms with Crippen molar-refractivity contribution in [2.45, 2.75) is 26.2 Å². The largest absolute Gasteiger partial charge is 0.456 e. The lowest BCUT2D eigenvalue weighted by atomic mass is 9.98. The summed E-state index contributed by atoms with van der Waals surface area (Å²) in [7, 11) is 0. The first-order valence-corrected chi connectivity index (χ1v) is 8.32. The number of ether oxygens (including phenoxy) is 1. The zero-order valence-corrected chi connectivity index (χ0v) is 14.8. The van der Waals surface area contributed by atoms with Crippen LogP contribution < -0.4 is 10.6 Å². The lowest BCUT2D eigenvalue weighted by molar-refractivity contribution is -0.147. The Morgan fingerprint density at radius 1 is 0.923 bits per heavy atom. The molecule has 0 aromatic heterocycles. The number of anilines is 2. The van der Waals surface area contributed by atoms with Gasteiger partial charge in [0.05, 0.1) is 6.42 Å². The van der Waals surface area contributed by atoms with Crippen LogP contribution in [0.2, 0.25) is 0 Å². The molecule has 6 heteroatoms. The summed E-state index contributed by atoms with van der Waals surface area (Å²) in [5, 5.41) is 5.27. The van der Waals surface area contributed by atoms with E-state index in [1.54, 1.807) is 24.3 Å². The molecule has 2 aromatic rings. The average Bonchev–Trinajstić information content (AvgIpc) is 2.62. The summed E-state index contributed by atoms with van der Waals surface area (Å²) in [6.07, 6.45) is 0.211. The van der Waals surface area contributed by atoms with E-state index in [0.29, 0.717) is 11.4 Å². The standard InChI is InChI=1S/C20H22N2O4/c1-14(16-6-4-3-5-7-16)12-20(25)26-13-19(24)22-18-10-8-17(9-11-18)21-15(2)23/h3-11,14H,12-13H2,1-2H3,(H,21,23)(H,22,24)/t14-/m1/s1. The minimum atomic E-state index is -0.419. The van der Waals surface area contributed by atoms with Crippen molar-refractivity contribution < 1.29 is 19.1 Å². The van der Waals surface area contributed by atoms with Crippen LogP contribution in [-0.2, 0) is 19.1 Å². The normalized spacial score (nSPS) is 11.3. The van der Waals surface area contributed by atoms with Gasteiger partial charge >= 0.3 is 5.97 Å². The van der Waals surface area contributed by atoms with Crippen molar-refractivity contribution in [2.75, 3.05) is 17.2 Å². The summed E-state index contributed by atoms with van der Waals surface area (Å²) in [5.41, 5.74) is 2.24. The maximum atomic E-state index is 11.9. The van der Waals surface area contributed by atoms with Crippen LogP contribution in [-0.4, -0.2) is 24.4 Å². The summed E-state index contributed by atoms with van der Waals surface area (Å²) >= 11 is 0. The molecule has 0 aliphatic rings. The van der Waals surface area contributed by atoms with Crippen molar-refractivity contribution in [3.8, 4) is 0 Å². The number of benzene rings is 2. The van der Waals surface area contributed by atoms with Crippen molar-refractivity contribution in [1.82, 2.24) is 0 Å². The predicted octanol–water partition coefficient (Wildman–Crippen LogP) is 3.32. The molecule has 0 radical (unpaired) electrons. The Balaban J connectivity index is 1.75. The summed E-state index contributed by atoms with van der Waals surface area (Å²) in [4.78, 5) is 34.7. The predicted molar refractivity (Wildman–Crippen MR) is 99.8 cm³/mol. The van der Waals surface area contributed by atoms with Gasteiger partial charge in [-0.2, -0.15) is 0 Å². The molecule has 0 saturated heterocycles. The van der Waals surface area contributed by atoms with E-state index in [0.717, 1.165) is 5.56 Å². The van der Waals surface area contributed by atoms with Gasteiger partial charge in [0.25, 0.3) is 5.91 Å². The fourth-order valence-corrected chi connectivity index (χ4v) is 2.39. The molecular formula is C20H22N2O4. The van der Waals surface area contributed by atoms with Gasteiger partial charge in [-0.25, -0.2) is 0 Å². The number of amides is 2. The first kappa shape index (κ1) is 19.2. The highest BCUT2D eigenvalue weighted by molar-refractivity contribution is 5.93. The van der Waals surface area contributed by atoms with Crippen LogP contribution in [0.3, 0.4) is 0 Å². The third kappa shape index (κ3) is 6.39. The fraction of sp³-hybridized carbons (Fsp3) is 0.250. The van der Waals surface area contributed by atoms with Crippen LogP contribution in [0.1, 0.15) is 31.7 Å². The highest BCUT2D eigenvalue weighted by Gasteiger charge is 2.13.